The zero-order valence-corrected chi connectivity index (χ0v) is 17.0. The first-order valence-corrected chi connectivity index (χ1v) is 8.62. The molecule has 1 aliphatic rings. The SMILES string of the molecule is CCC(C)NC(=NC)NCCCc1nnc2n1CCCCC2.I. The van der Waals surface area contributed by atoms with E-state index in [-0.39, 0.29) is 24.0 Å². The number of aromatic nitrogens is 3. The van der Waals surface area contributed by atoms with Gasteiger partial charge in [-0.1, -0.05) is 13.3 Å². The lowest BCUT2D eigenvalue weighted by atomic mass is 10.2. The third-order valence-electron chi connectivity index (χ3n) is 4.27. The highest BCUT2D eigenvalue weighted by molar-refractivity contribution is 14.0. The molecule has 0 spiro atoms. The van der Waals surface area contributed by atoms with E-state index in [1.165, 1.54) is 25.1 Å². The third kappa shape index (κ3) is 6.27. The Morgan fingerprint density at radius 3 is 2.87 bits per heavy atom. The molecule has 0 bridgehead atoms. The number of fused-ring (bicyclic) bond motifs is 1. The van der Waals surface area contributed by atoms with Gasteiger partial charge in [-0.05, 0) is 32.6 Å². The van der Waals surface area contributed by atoms with Crippen LogP contribution in [0.5, 0.6) is 0 Å². The van der Waals surface area contributed by atoms with Crippen molar-refractivity contribution in [3.05, 3.63) is 11.6 Å². The van der Waals surface area contributed by atoms with Crippen LogP contribution in [-0.4, -0.2) is 40.4 Å². The Morgan fingerprint density at radius 1 is 1.30 bits per heavy atom. The molecule has 0 saturated carbocycles. The Labute approximate surface area is 157 Å². The maximum atomic E-state index is 4.38. The maximum absolute atomic E-state index is 4.38. The Balaban J connectivity index is 0.00000264. The van der Waals surface area contributed by atoms with Crippen LogP contribution in [0.25, 0.3) is 0 Å². The molecular formula is C16H31IN6. The Morgan fingerprint density at radius 2 is 2.13 bits per heavy atom. The van der Waals surface area contributed by atoms with Gasteiger partial charge < -0.3 is 15.2 Å². The quantitative estimate of drug-likeness (QED) is 0.313. The van der Waals surface area contributed by atoms with Crippen molar-refractivity contribution in [1.29, 1.82) is 0 Å². The molecule has 1 aromatic heterocycles. The lowest BCUT2D eigenvalue weighted by molar-refractivity contribution is 0.590. The van der Waals surface area contributed by atoms with Crippen molar-refractivity contribution in [2.24, 2.45) is 4.99 Å². The van der Waals surface area contributed by atoms with Gasteiger partial charge in [0.15, 0.2) is 5.96 Å². The number of hydrogen-bond donors (Lipinski definition) is 2. The summed E-state index contributed by atoms with van der Waals surface area (Å²) in [5.41, 5.74) is 0. The standard InChI is InChI=1S/C16H30N6.HI/c1-4-13(2)19-16(17-3)18-11-8-10-15-21-20-14-9-6-5-7-12-22(14)15;/h13H,4-12H2,1-3H3,(H2,17,18,19);1H. The van der Waals surface area contributed by atoms with Crippen molar-refractivity contribution in [1.82, 2.24) is 25.4 Å². The van der Waals surface area contributed by atoms with E-state index in [1.807, 2.05) is 7.05 Å². The van der Waals surface area contributed by atoms with Crippen molar-refractivity contribution in [2.75, 3.05) is 13.6 Å². The molecule has 1 aliphatic heterocycles. The second-order valence-electron chi connectivity index (χ2n) is 6.05. The molecule has 132 valence electrons. The van der Waals surface area contributed by atoms with Crippen LogP contribution in [0.1, 0.15) is 57.6 Å². The van der Waals surface area contributed by atoms with Crippen LogP contribution >= 0.6 is 24.0 Å². The first-order valence-electron chi connectivity index (χ1n) is 8.62. The number of guanidine groups is 1. The molecule has 2 N–H and O–H groups in total. The van der Waals surface area contributed by atoms with Crippen LogP contribution in [0, 0.1) is 0 Å². The first kappa shape index (κ1) is 20.2. The minimum absolute atomic E-state index is 0. The van der Waals surface area contributed by atoms with Crippen molar-refractivity contribution in [2.45, 2.75) is 71.4 Å². The van der Waals surface area contributed by atoms with E-state index in [9.17, 15) is 0 Å². The van der Waals surface area contributed by atoms with Crippen molar-refractivity contribution >= 4 is 29.9 Å². The van der Waals surface area contributed by atoms with Crippen molar-refractivity contribution < 1.29 is 0 Å². The fourth-order valence-corrected chi connectivity index (χ4v) is 2.71. The molecule has 2 heterocycles. The van der Waals surface area contributed by atoms with Crippen LogP contribution in [0.3, 0.4) is 0 Å². The fraction of sp³-hybridized carbons (Fsp3) is 0.812. The summed E-state index contributed by atoms with van der Waals surface area (Å²) in [6, 6.07) is 0.443. The molecule has 0 aliphatic carbocycles. The van der Waals surface area contributed by atoms with Gasteiger partial charge in [0.2, 0.25) is 0 Å². The molecule has 0 aromatic carbocycles. The molecule has 0 amide bonds. The summed E-state index contributed by atoms with van der Waals surface area (Å²) >= 11 is 0. The molecular weight excluding hydrogens is 403 g/mol. The second kappa shape index (κ2) is 10.8. The first-order chi connectivity index (χ1) is 10.7. The number of nitrogens with one attached hydrogen (secondary N) is 2. The van der Waals surface area contributed by atoms with Gasteiger partial charge in [0.05, 0.1) is 0 Å². The van der Waals surface area contributed by atoms with Crippen molar-refractivity contribution in [3.63, 3.8) is 0 Å². The fourth-order valence-electron chi connectivity index (χ4n) is 2.71. The lowest BCUT2D eigenvalue weighted by Gasteiger charge is -2.16. The number of rotatable bonds is 6. The molecule has 1 unspecified atom stereocenters. The highest BCUT2D eigenvalue weighted by atomic mass is 127. The summed E-state index contributed by atoms with van der Waals surface area (Å²) in [6.45, 7) is 6.32. The van der Waals surface area contributed by atoms with Crippen LogP contribution < -0.4 is 10.6 Å². The van der Waals surface area contributed by atoms with E-state index in [1.54, 1.807) is 0 Å². The van der Waals surface area contributed by atoms with E-state index in [0.717, 1.165) is 50.6 Å². The molecule has 2 rings (SSSR count). The van der Waals surface area contributed by atoms with Gasteiger partial charge in [0.25, 0.3) is 0 Å². The summed E-state index contributed by atoms with van der Waals surface area (Å²) in [5, 5.41) is 15.5. The molecule has 6 nitrogen and oxygen atoms in total. The van der Waals surface area contributed by atoms with Gasteiger partial charge in [-0.15, -0.1) is 34.2 Å². The number of aryl methyl sites for hydroxylation is 2. The van der Waals surface area contributed by atoms with Crippen LogP contribution in [0.15, 0.2) is 4.99 Å². The van der Waals surface area contributed by atoms with E-state index in [4.69, 9.17) is 0 Å². The van der Waals surface area contributed by atoms with Gasteiger partial charge in [-0.3, -0.25) is 4.99 Å². The number of nitrogens with zero attached hydrogens (tertiary/aromatic N) is 4. The van der Waals surface area contributed by atoms with E-state index >= 15 is 0 Å². The minimum Gasteiger partial charge on any atom is -0.356 e. The monoisotopic (exact) mass is 434 g/mol. The molecule has 0 saturated heterocycles. The highest BCUT2D eigenvalue weighted by Gasteiger charge is 2.14. The third-order valence-corrected chi connectivity index (χ3v) is 4.27. The maximum Gasteiger partial charge on any atom is 0.191 e. The molecule has 0 fully saturated rings. The van der Waals surface area contributed by atoms with Gasteiger partial charge in [0, 0.05) is 39.0 Å². The molecule has 23 heavy (non-hydrogen) atoms. The highest BCUT2D eigenvalue weighted by Crippen LogP contribution is 2.15. The average Bonchev–Trinajstić information content (AvgIpc) is 2.77. The molecule has 7 heteroatoms. The lowest BCUT2D eigenvalue weighted by Crippen LogP contribution is -2.42. The minimum atomic E-state index is 0. The number of halogens is 1. The smallest absolute Gasteiger partial charge is 0.191 e. The summed E-state index contributed by atoms with van der Waals surface area (Å²) < 4.78 is 2.33. The second-order valence-corrected chi connectivity index (χ2v) is 6.05. The molecule has 0 radical (unpaired) electrons. The average molecular weight is 434 g/mol. The Bertz CT molecular complexity index is 485. The van der Waals surface area contributed by atoms with E-state index < -0.39 is 0 Å². The Kier molecular flexibility index (Phi) is 9.50. The van der Waals surface area contributed by atoms with Gasteiger partial charge in [0.1, 0.15) is 11.6 Å². The zero-order valence-electron chi connectivity index (χ0n) is 14.6. The topological polar surface area (TPSA) is 67.1 Å². The van der Waals surface area contributed by atoms with E-state index in [2.05, 4.69) is 44.2 Å². The van der Waals surface area contributed by atoms with Gasteiger partial charge in [-0.2, -0.15) is 0 Å². The normalized spacial score (nSPS) is 16.0. The Hall–Kier alpha value is -0.860. The van der Waals surface area contributed by atoms with Crippen LogP contribution in [0.2, 0.25) is 0 Å². The number of hydrogen-bond acceptors (Lipinski definition) is 3. The largest absolute Gasteiger partial charge is 0.356 e. The summed E-state index contributed by atoms with van der Waals surface area (Å²) in [5.74, 6) is 3.20. The van der Waals surface area contributed by atoms with Gasteiger partial charge in [-0.25, -0.2) is 0 Å². The van der Waals surface area contributed by atoms with Crippen LogP contribution in [-0.2, 0) is 19.4 Å². The molecule has 1 atom stereocenters. The zero-order chi connectivity index (χ0) is 15.8. The summed E-state index contributed by atoms with van der Waals surface area (Å²) in [4.78, 5) is 4.25. The van der Waals surface area contributed by atoms with Gasteiger partial charge >= 0.3 is 0 Å². The number of aliphatic imine (C=N–C) groups is 1. The summed E-state index contributed by atoms with van der Waals surface area (Å²) in [7, 11) is 1.82. The van der Waals surface area contributed by atoms with Crippen molar-refractivity contribution in [3.8, 4) is 0 Å². The molecule has 1 aromatic rings. The predicted octanol–water partition coefficient (Wildman–Crippen LogP) is 2.52. The van der Waals surface area contributed by atoms with E-state index in [0.29, 0.717) is 6.04 Å². The summed E-state index contributed by atoms with van der Waals surface area (Å²) in [6.07, 6.45) is 7.99. The van der Waals surface area contributed by atoms with Crippen LogP contribution in [0.4, 0.5) is 0 Å². The predicted molar refractivity (Wildman–Crippen MR) is 106 cm³/mol.